The second-order valence-corrected chi connectivity index (χ2v) is 2.66. The molecule has 0 aliphatic carbocycles. The number of hydrogen-bond donors (Lipinski definition) is 1. The van der Waals surface area contributed by atoms with E-state index in [2.05, 4.69) is 0 Å². The van der Waals surface area contributed by atoms with Gasteiger partial charge in [-0.1, -0.05) is 12.1 Å². The number of benzene rings is 1. The van der Waals surface area contributed by atoms with Gasteiger partial charge in [0, 0.05) is 0 Å². The van der Waals surface area contributed by atoms with Crippen molar-refractivity contribution in [3.05, 3.63) is 29.8 Å². The number of carbonyl (C=O) groups excluding carboxylic acids is 1. The van der Waals surface area contributed by atoms with E-state index in [1.54, 1.807) is 18.2 Å². The third-order valence-electron chi connectivity index (χ3n) is 1.65. The van der Waals surface area contributed by atoms with E-state index in [0.29, 0.717) is 18.6 Å². The first-order valence-corrected chi connectivity index (χ1v) is 4.35. The number of aldehydes is 1. The number of phenolic OH excluding ortho intramolecular Hbond substituents is 1. The Morgan fingerprint density at radius 2 is 2.29 bits per heavy atom. The molecular weight excluding hydrogens is 180 g/mol. The third kappa shape index (κ3) is 2.62. The van der Waals surface area contributed by atoms with Crippen LogP contribution in [0.2, 0.25) is 0 Å². The highest BCUT2D eigenvalue weighted by atomic mass is 16.5. The second-order valence-electron chi connectivity index (χ2n) is 2.66. The first-order valence-electron chi connectivity index (χ1n) is 4.35. The molecule has 0 spiro atoms. The topological polar surface area (TPSA) is 46.5 Å². The highest BCUT2D eigenvalue weighted by Gasteiger charge is 2.00. The lowest BCUT2D eigenvalue weighted by atomic mass is 10.2. The fraction of sp³-hybridized carbons (Fsp3) is 0.182. The maximum absolute atomic E-state index is 10.1. The van der Waals surface area contributed by atoms with Crippen molar-refractivity contribution in [3.8, 4) is 11.5 Å². The molecule has 1 rings (SSSR count). The molecule has 0 saturated heterocycles. The molecule has 0 radical (unpaired) electrons. The predicted molar refractivity (Wildman–Crippen MR) is 54.4 cm³/mol. The number of rotatable bonds is 4. The quantitative estimate of drug-likeness (QED) is 0.586. The Kier molecular flexibility index (Phi) is 3.73. The van der Waals surface area contributed by atoms with Gasteiger partial charge >= 0.3 is 0 Å². The van der Waals surface area contributed by atoms with Crippen LogP contribution in [0, 0.1) is 0 Å². The summed E-state index contributed by atoms with van der Waals surface area (Å²) in [6, 6.07) is 4.92. The molecule has 0 aliphatic rings. The van der Waals surface area contributed by atoms with Crippen LogP contribution in [0.4, 0.5) is 0 Å². The van der Waals surface area contributed by atoms with Crippen molar-refractivity contribution in [2.75, 3.05) is 6.61 Å². The summed E-state index contributed by atoms with van der Waals surface area (Å²) in [6.45, 7) is 2.34. The Balaban J connectivity index is 2.93. The lowest BCUT2D eigenvalue weighted by molar-refractivity contribution is -0.104. The Labute approximate surface area is 82.6 Å². The van der Waals surface area contributed by atoms with Crippen molar-refractivity contribution in [3.63, 3.8) is 0 Å². The van der Waals surface area contributed by atoms with E-state index in [9.17, 15) is 9.90 Å². The number of allylic oxidation sites excluding steroid dienone is 1. The zero-order valence-corrected chi connectivity index (χ0v) is 7.93. The van der Waals surface area contributed by atoms with E-state index in [1.807, 2.05) is 6.92 Å². The Bertz CT molecular complexity index is 342. The second kappa shape index (κ2) is 5.07. The maximum atomic E-state index is 10.1. The van der Waals surface area contributed by atoms with E-state index in [0.717, 1.165) is 5.56 Å². The van der Waals surface area contributed by atoms with E-state index in [-0.39, 0.29) is 5.75 Å². The van der Waals surface area contributed by atoms with Crippen molar-refractivity contribution < 1.29 is 14.6 Å². The fourth-order valence-electron chi connectivity index (χ4n) is 1.06. The van der Waals surface area contributed by atoms with Gasteiger partial charge in [-0.15, -0.1) is 0 Å². The van der Waals surface area contributed by atoms with Crippen LogP contribution in [-0.2, 0) is 4.79 Å². The van der Waals surface area contributed by atoms with E-state index >= 15 is 0 Å². The number of carbonyl (C=O) groups is 1. The van der Waals surface area contributed by atoms with Gasteiger partial charge in [-0.05, 0) is 30.7 Å². The normalized spacial score (nSPS) is 10.4. The number of hydrogen-bond acceptors (Lipinski definition) is 3. The molecule has 0 atom stereocenters. The van der Waals surface area contributed by atoms with Crippen LogP contribution >= 0.6 is 0 Å². The SMILES string of the molecule is CCOc1cc(/C=C/C=O)ccc1O. The van der Waals surface area contributed by atoms with Gasteiger partial charge in [0.05, 0.1) is 6.61 Å². The van der Waals surface area contributed by atoms with Gasteiger partial charge in [0.2, 0.25) is 0 Å². The molecule has 1 aromatic carbocycles. The highest BCUT2D eigenvalue weighted by Crippen LogP contribution is 2.27. The molecule has 3 nitrogen and oxygen atoms in total. The fourth-order valence-corrected chi connectivity index (χ4v) is 1.06. The van der Waals surface area contributed by atoms with E-state index in [4.69, 9.17) is 4.74 Å². The summed E-state index contributed by atoms with van der Waals surface area (Å²) in [7, 11) is 0. The molecule has 1 N–H and O–H groups in total. The summed E-state index contributed by atoms with van der Waals surface area (Å²) in [6.07, 6.45) is 3.74. The first-order chi connectivity index (χ1) is 6.77. The van der Waals surface area contributed by atoms with Crippen molar-refractivity contribution in [1.82, 2.24) is 0 Å². The molecule has 14 heavy (non-hydrogen) atoms. The molecule has 0 bridgehead atoms. The molecule has 0 heterocycles. The van der Waals surface area contributed by atoms with Gasteiger partial charge in [-0.2, -0.15) is 0 Å². The smallest absolute Gasteiger partial charge is 0.161 e. The lowest BCUT2D eigenvalue weighted by Gasteiger charge is -2.05. The minimum Gasteiger partial charge on any atom is -0.504 e. The summed E-state index contributed by atoms with van der Waals surface area (Å²) in [5.41, 5.74) is 0.818. The van der Waals surface area contributed by atoms with Crippen LogP contribution in [0.25, 0.3) is 6.08 Å². The number of phenols is 1. The summed E-state index contributed by atoms with van der Waals surface area (Å²) in [5.74, 6) is 0.538. The van der Waals surface area contributed by atoms with Crippen LogP contribution < -0.4 is 4.74 Å². The van der Waals surface area contributed by atoms with Crippen molar-refractivity contribution in [2.45, 2.75) is 6.92 Å². The predicted octanol–water partition coefficient (Wildman–Crippen LogP) is 2.00. The average molecular weight is 192 g/mol. The standard InChI is InChI=1S/C11H12O3/c1-2-14-11-8-9(4-3-7-12)5-6-10(11)13/h3-8,13H,2H2,1H3/b4-3+. The lowest BCUT2D eigenvalue weighted by Crippen LogP contribution is -1.91. The molecule has 3 heteroatoms. The van der Waals surface area contributed by atoms with Crippen molar-refractivity contribution in [2.24, 2.45) is 0 Å². The molecule has 0 aliphatic heterocycles. The molecule has 1 aromatic rings. The van der Waals surface area contributed by atoms with E-state index < -0.39 is 0 Å². The highest BCUT2D eigenvalue weighted by molar-refractivity contribution is 5.74. The number of ether oxygens (including phenoxy) is 1. The monoisotopic (exact) mass is 192 g/mol. The third-order valence-corrected chi connectivity index (χ3v) is 1.65. The van der Waals surface area contributed by atoms with Crippen LogP contribution in [-0.4, -0.2) is 18.0 Å². The first kappa shape index (κ1) is 10.3. The summed E-state index contributed by atoms with van der Waals surface area (Å²) < 4.78 is 5.19. The molecular formula is C11H12O3. The Hall–Kier alpha value is -1.77. The van der Waals surface area contributed by atoms with Gasteiger partial charge in [0.15, 0.2) is 11.5 Å². The van der Waals surface area contributed by atoms with E-state index in [1.165, 1.54) is 12.1 Å². The van der Waals surface area contributed by atoms with Crippen molar-refractivity contribution >= 4 is 12.4 Å². The molecule has 74 valence electrons. The van der Waals surface area contributed by atoms with Crippen LogP contribution in [0.15, 0.2) is 24.3 Å². The molecule has 0 saturated carbocycles. The number of aromatic hydroxyl groups is 1. The Morgan fingerprint density at radius 3 is 2.93 bits per heavy atom. The minimum absolute atomic E-state index is 0.107. The van der Waals surface area contributed by atoms with Gasteiger partial charge in [0.25, 0.3) is 0 Å². The van der Waals surface area contributed by atoms with Crippen molar-refractivity contribution in [1.29, 1.82) is 0 Å². The molecule has 0 aromatic heterocycles. The maximum Gasteiger partial charge on any atom is 0.161 e. The summed E-state index contributed by atoms with van der Waals surface area (Å²) >= 11 is 0. The summed E-state index contributed by atoms with van der Waals surface area (Å²) in [5, 5.41) is 9.37. The summed E-state index contributed by atoms with van der Waals surface area (Å²) in [4.78, 5) is 10.1. The molecule has 0 fully saturated rings. The van der Waals surface area contributed by atoms with Crippen LogP contribution in [0.3, 0.4) is 0 Å². The zero-order chi connectivity index (χ0) is 10.4. The largest absolute Gasteiger partial charge is 0.504 e. The Morgan fingerprint density at radius 1 is 1.50 bits per heavy atom. The van der Waals surface area contributed by atoms with Gasteiger partial charge < -0.3 is 9.84 Å². The van der Waals surface area contributed by atoms with Crippen LogP contribution in [0.5, 0.6) is 11.5 Å². The van der Waals surface area contributed by atoms with Gasteiger partial charge in [0.1, 0.15) is 6.29 Å². The zero-order valence-electron chi connectivity index (χ0n) is 7.93. The average Bonchev–Trinajstić information content (AvgIpc) is 2.19. The van der Waals surface area contributed by atoms with Crippen LogP contribution in [0.1, 0.15) is 12.5 Å². The minimum atomic E-state index is 0.107. The molecule has 0 unspecified atom stereocenters. The van der Waals surface area contributed by atoms with Gasteiger partial charge in [-0.3, -0.25) is 4.79 Å². The van der Waals surface area contributed by atoms with Gasteiger partial charge in [-0.25, -0.2) is 0 Å². The molecule has 0 amide bonds.